The molecule has 110 valence electrons. The number of amides is 1. The average Bonchev–Trinajstić information content (AvgIpc) is 3.05. The van der Waals surface area contributed by atoms with Crippen LogP contribution in [-0.2, 0) is 4.79 Å². The van der Waals surface area contributed by atoms with Crippen LogP contribution in [0, 0.1) is 0 Å². The molecule has 3 nitrogen and oxygen atoms in total. The predicted octanol–water partition coefficient (Wildman–Crippen LogP) is 4.04. The summed E-state index contributed by atoms with van der Waals surface area (Å²) in [5.41, 5.74) is 0.888. The maximum atomic E-state index is 12.0. The summed E-state index contributed by atoms with van der Waals surface area (Å²) in [5.74, 6) is 0.660. The molecular formula is C17H19NO2S. The van der Waals surface area contributed by atoms with Crippen LogP contribution >= 0.6 is 11.3 Å². The third kappa shape index (κ3) is 4.20. The van der Waals surface area contributed by atoms with Gasteiger partial charge in [-0.3, -0.25) is 4.79 Å². The molecule has 1 atom stereocenters. The van der Waals surface area contributed by atoms with Crippen LogP contribution in [-0.4, -0.2) is 13.0 Å². The van der Waals surface area contributed by atoms with Crippen LogP contribution in [0.25, 0.3) is 6.08 Å². The second-order valence-electron chi connectivity index (χ2n) is 4.56. The Labute approximate surface area is 129 Å². The van der Waals surface area contributed by atoms with Crippen molar-refractivity contribution in [3.63, 3.8) is 0 Å². The van der Waals surface area contributed by atoms with Gasteiger partial charge in [-0.1, -0.05) is 31.2 Å². The van der Waals surface area contributed by atoms with E-state index in [1.165, 1.54) is 4.88 Å². The van der Waals surface area contributed by atoms with Crippen molar-refractivity contribution < 1.29 is 9.53 Å². The quantitative estimate of drug-likeness (QED) is 0.818. The van der Waals surface area contributed by atoms with Crippen molar-refractivity contribution in [2.24, 2.45) is 0 Å². The zero-order chi connectivity index (χ0) is 15.1. The van der Waals surface area contributed by atoms with Gasteiger partial charge >= 0.3 is 0 Å². The van der Waals surface area contributed by atoms with Gasteiger partial charge in [0.05, 0.1) is 13.2 Å². The Kier molecular flexibility index (Phi) is 5.58. The van der Waals surface area contributed by atoms with Gasteiger partial charge in [-0.15, -0.1) is 11.3 Å². The van der Waals surface area contributed by atoms with Gasteiger partial charge in [0.25, 0.3) is 0 Å². The predicted molar refractivity (Wildman–Crippen MR) is 87.5 cm³/mol. The lowest BCUT2D eigenvalue weighted by molar-refractivity contribution is -0.117. The monoisotopic (exact) mass is 301 g/mol. The van der Waals surface area contributed by atoms with Gasteiger partial charge < -0.3 is 10.1 Å². The fourth-order valence-corrected chi connectivity index (χ4v) is 2.91. The van der Waals surface area contributed by atoms with Gasteiger partial charge in [0, 0.05) is 16.5 Å². The third-order valence-corrected chi connectivity index (χ3v) is 4.15. The second kappa shape index (κ2) is 7.64. The smallest absolute Gasteiger partial charge is 0.244 e. The molecule has 0 fully saturated rings. The van der Waals surface area contributed by atoms with Crippen LogP contribution in [0.2, 0.25) is 0 Å². The van der Waals surface area contributed by atoms with Crippen LogP contribution < -0.4 is 10.1 Å². The van der Waals surface area contributed by atoms with Gasteiger partial charge in [-0.2, -0.15) is 0 Å². The summed E-state index contributed by atoms with van der Waals surface area (Å²) in [5, 5.41) is 5.04. The topological polar surface area (TPSA) is 38.3 Å². The number of para-hydroxylation sites is 1. The lowest BCUT2D eigenvalue weighted by Gasteiger charge is -2.13. The van der Waals surface area contributed by atoms with E-state index in [9.17, 15) is 4.79 Å². The lowest BCUT2D eigenvalue weighted by atomic mass is 10.1. The molecule has 1 aromatic heterocycles. The summed E-state index contributed by atoms with van der Waals surface area (Å²) in [7, 11) is 1.62. The first-order chi connectivity index (χ1) is 10.2. The highest BCUT2D eigenvalue weighted by atomic mass is 32.1. The minimum absolute atomic E-state index is 0.0693. The molecule has 1 amide bonds. The number of benzene rings is 1. The van der Waals surface area contributed by atoms with E-state index in [0.717, 1.165) is 17.7 Å². The Balaban J connectivity index is 2.02. The van der Waals surface area contributed by atoms with Crippen LogP contribution in [0.1, 0.15) is 29.8 Å². The number of rotatable bonds is 6. The zero-order valence-electron chi connectivity index (χ0n) is 12.2. The van der Waals surface area contributed by atoms with E-state index in [4.69, 9.17) is 4.74 Å². The highest BCUT2D eigenvalue weighted by Gasteiger charge is 2.11. The highest BCUT2D eigenvalue weighted by molar-refractivity contribution is 7.10. The molecule has 0 spiro atoms. The molecule has 0 saturated heterocycles. The minimum atomic E-state index is -0.0962. The molecule has 2 rings (SSSR count). The number of carbonyl (C=O) groups is 1. The molecule has 0 aliphatic heterocycles. The first-order valence-electron chi connectivity index (χ1n) is 6.89. The first kappa shape index (κ1) is 15.3. The minimum Gasteiger partial charge on any atom is -0.496 e. The molecule has 2 aromatic rings. The van der Waals surface area contributed by atoms with E-state index < -0.39 is 0 Å². The summed E-state index contributed by atoms with van der Waals surface area (Å²) in [6.45, 7) is 2.06. The molecule has 0 radical (unpaired) electrons. The molecule has 1 aromatic carbocycles. The van der Waals surface area contributed by atoms with Gasteiger partial charge in [0.2, 0.25) is 5.91 Å². The van der Waals surface area contributed by atoms with Gasteiger partial charge in [0.1, 0.15) is 5.75 Å². The third-order valence-electron chi connectivity index (χ3n) is 3.16. The fourth-order valence-electron chi connectivity index (χ4n) is 2.05. The number of carbonyl (C=O) groups excluding carboxylic acids is 1. The Bertz CT molecular complexity index is 605. The summed E-state index contributed by atoms with van der Waals surface area (Å²) in [4.78, 5) is 13.2. The van der Waals surface area contributed by atoms with Crippen LogP contribution in [0.4, 0.5) is 0 Å². The second-order valence-corrected chi connectivity index (χ2v) is 5.54. The standard InChI is InChI=1S/C17H19NO2S/c1-3-14(16-9-6-12-21-16)18-17(19)11-10-13-7-4-5-8-15(13)20-2/h4-12,14H,3H2,1-2H3,(H,18,19)/b11-10+/t14-/m1/s1. The largest absolute Gasteiger partial charge is 0.496 e. The summed E-state index contributed by atoms with van der Waals surface area (Å²) >= 11 is 1.66. The number of thiophene rings is 1. The van der Waals surface area contributed by atoms with Crippen molar-refractivity contribution in [1.29, 1.82) is 0 Å². The number of nitrogens with one attached hydrogen (secondary N) is 1. The maximum Gasteiger partial charge on any atom is 0.244 e. The number of ether oxygens (including phenoxy) is 1. The Morgan fingerprint density at radius 2 is 2.14 bits per heavy atom. The van der Waals surface area contributed by atoms with Crippen molar-refractivity contribution in [3.05, 3.63) is 58.3 Å². The Morgan fingerprint density at radius 3 is 2.81 bits per heavy atom. The van der Waals surface area contributed by atoms with Crippen molar-refractivity contribution in [1.82, 2.24) is 5.32 Å². The molecule has 4 heteroatoms. The lowest BCUT2D eigenvalue weighted by Crippen LogP contribution is -2.25. The average molecular weight is 301 g/mol. The maximum absolute atomic E-state index is 12.0. The fraction of sp³-hybridized carbons (Fsp3) is 0.235. The summed E-state index contributed by atoms with van der Waals surface area (Å²) in [6, 6.07) is 11.7. The van der Waals surface area contributed by atoms with Crippen LogP contribution in [0.15, 0.2) is 47.9 Å². The molecule has 0 bridgehead atoms. The Morgan fingerprint density at radius 1 is 1.33 bits per heavy atom. The normalized spacial score (nSPS) is 12.3. The summed E-state index contributed by atoms with van der Waals surface area (Å²) in [6.07, 6.45) is 4.19. The molecule has 0 aliphatic rings. The van der Waals surface area contributed by atoms with E-state index >= 15 is 0 Å². The molecule has 0 aliphatic carbocycles. The first-order valence-corrected chi connectivity index (χ1v) is 7.77. The van der Waals surface area contributed by atoms with Gasteiger partial charge in [-0.05, 0) is 30.0 Å². The molecular weight excluding hydrogens is 282 g/mol. The van der Waals surface area contributed by atoms with Crippen molar-refractivity contribution in [3.8, 4) is 5.75 Å². The van der Waals surface area contributed by atoms with E-state index in [0.29, 0.717) is 0 Å². The van der Waals surface area contributed by atoms with E-state index in [1.807, 2.05) is 41.8 Å². The molecule has 1 heterocycles. The van der Waals surface area contributed by atoms with E-state index in [-0.39, 0.29) is 11.9 Å². The molecule has 1 N–H and O–H groups in total. The highest BCUT2D eigenvalue weighted by Crippen LogP contribution is 2.22. The van der Waals surface area contributed by atoms with Gasteiger partial charge in [0.15, 0.2) is 0 Å². The van der Waals surface area contributed by atoms with Gasteiger partial charge in [-0.25, -0.2) is 0 Å². The molecule has 21 heavy (non-hydrogen) atoms. The number of hydrogen-bond donors (Lipinski definition) is 1. The summed E-state index contributed by atoms with van der Waals surface area (Å²) < 4.78 is 5.26. The SMILES string of the molecule is CC[C@@H](NC(=O)/C=C/c1ccccc1OC)c1cccs1. The van der Waals surface area contributed by atoms with Crippen molar-refractivity contribution in [2.45, 2.75) is 19.4 Å². The van der Waals surface area contributed by atoms with Crippen molar-refractivity contribution >= 4 is 23.3 Å². The molecule has 0 saturated carbocycles. The molecule has 0 unspecified atom stereocenters. The number of hydrogen-bond acceptors (Lipinski definition) is 3. The number of methoxy groups -OCH3 is 1. The van der Waals surface area contributed by atoms with E-state index in [1.54, 1.807) is 30.6 Å². The van der Waals surface area contributed by atoms with E-state index in [2.05, 4.69) is 12.2 Å². The zero-order valence-corrected chi connectivity index (χ0v) is 13.0. The van der Waals surface area contributed by atoms with Crippen LogP contribution in [0.5, 0.6) is 5.75 Å². The van der Waals surface area contributed by atoms with Crippen LogP contribution in [0.3, 0.4) is 0 Å². The Hall–Kier alpha value is -2.07. The van der Waals surface area contributed by atoms with Crippen molar-refractivity contribution in [2.75, 3.05) is 7.11 Å².